The van der Waals surface area contributed by atoms with Gasteiger partial charge in [-0.1, -0.05) is 13.3 Å². The second kappa shape index (κ2) is 8.20. The van der Waals surface area contributed by atoms with E-state index in [0.717, 1.165) is 42.6 Å². The number of amides is 1. The van der Waals surface area contributed by atoms with Crippen LogP contribution in [0.1, 0.15) is 54.4 Å². The molecule has 10 heteroatoms. The van der Waals surface area contributed by atoms with Gasteiger partial charge in [0.1, 0.15) is 5.69 Å². The second-order valence-electron chi connectivity index (χ2n) is 10.2. The third-order valence-corrected chi connectivity index (χ3v) is 7.88. The van der Waals surface area contributed by atoms with Crippen LogP contribution >= 0.6 is 0 Å². The van der Waals surface area contributed by atoms with Crippen LogP contribution in [0.25, 0.3) is 0 Å². The smallest absolute Gasteiger partial charge is 0.272 e. The van der Waals surface area contributed by atoms with Gasteiger partial charge in [-0.25, -0.2) is 23.7 Å². The Bertz CT molecular complexity index is 1220. The lowest BCUT2D eigenvalue weighted by Crippen LogP contribution is -2.34. The predicted molar refractivity (Wildman–Crippen MR) is 127 cm³/mol. The van der Waals surface area contributed by atoms with Gasteiger partial charge < -0.3 is 14.8 Å². The number of nitrogens with one attached hydrogen (secondary N) is 1. The fourth-order valence-electron chi connectivity index (χ4n) is 5.75. The summed E-state index contributed by atoms with van der Waals surface area (Å²) in [6, 6.07) is -0.0551. The minimum absolute atomic E-state index is 0.0551. The maximum Gasteiger partial charge on any atom is 0.272 e. The van der Waals surface area contributed by atoms with Crippen molar-refractivity contribution in [2.75, 3.05) is 18.0 Å². The number of halogens is 2. The first-order chi connectivity index (χ1) is 16.8. The van der Waals surface area contributed by atoms with Crippen molar-refractivity contribution >= 4 is 18.1 Å². The number of nitrogens with zero attached hydrogens (tertiary/aromatic N) is 6. The number of piperidine rings is 1. The van der Waals surface area contributed by atoms with Gasteiger partial charge in [-0.2, -0.15) is 0 Å². The number of anilines is 1. The molecule has 0 bridgehead atoms. The van der Waals surface area contributed by atoms with Crippen LogP contribution in [0, 0.1) is 24.7 Å². The summed E-state index contributed by atoms with van der Waals surface area (Å²) in [5.41, 5.74) is 4.44. The molecule has 4 aliphatic rings. The number of aromatic nitrogens is 4. The highest BCUT2D eigenvalue weighted by atomic mass is 19.3. The lowest BCUT2D eigenvalue weighted by atomic mass is 9.96. The number of aliphatic imine (C=N–C) groups is 1. The zero-order valence-electron chi connectivity index (χ0n) is 19.9. The number of carbonyl (C=O) groups is 1. The molecular formula is C25H29F2N7O. The van der Waals surface area contributed by atoms with E-state index in [-0.39, 0.29) is 11.9 Å². The van der Waals surface area contributed by atoms with Gasteiger partial charge in [0.2, 0.25) is 5.95 Å². The molecule has 0 spiro atoms. The van der Waals surface area contributed by atoms with Crippen molar-refractivity contribution in [1.82, 2.24) is 24.8 Å². The molecule has 35 heavy (non-hydrogen) atoms. The van der Waals surface area contributed by atoms with E-state index in [1.165, 1.54) is 5.57 Å². The molecule has 2 aliphatic heterocycles. The number of carbonyl (C=O) groups excluding carboxylic acids is 1. The van der Waals surface area contributed by atoms with Crippen molar-refractivity contribution in [3.05, 3.63) is 46.9 Å². The molecule has 1 saturated heterocycles. The van der Waals surface area contributed by atoms with Gasteiger partial charge in [0.05, 0.1) is 36.4 Å². The fraction of sp³-hybridized carbons (Fsp3) is 0.560. The molecule has 1 N–H and O–H groups in total. The van der Waals surface area contributed by atoms with Gasteiger partial charge in [0.25, 0.3) is 11.8 Å². The normalized spacial score (nSPS) is 27.9. The summed E-state index contributed by atoms with van der Waals surface area (Å²) in [4.78, 5) is 32.6. The van der Waals surface area contributed by atoms with Crippen molar-refractivity contribution in [2.45, 2.75) is 58.0 Å². The molecule has 0 radical (unpaired) electrons. The van der Waals surface area contributed by atoms with Crippen LogP contribution in [0.4, 0.5) is 14.7 Å². The summed E-state index contributed by atoms with van der Waals surface area (Å²) in [6.07, 6.45) is 11.2. The van der Waals surface area contributed by atoms with Gasteiger partial charge in [-0.15, -0.1) is 0 Å². The van der Waals surface area contributed by atoms with E-state index in [9.17, 15) is 13.6 Å². The Labute approximate surface area is 202 Å². The largest absolute Gasteiger partial charge is 0.342 e. The molecule has 8 nitrogen and oxygen atoms in total. The molecule has 2 aliphatic carbocycles. The number of fused-ring (bicyclic) bond motifs is 1. The van der Waals surface area contributed by atoms with E-state index in [1.807, 2.05) is 22.6 Å². The van der Waals surface area contributed by atoms with Crippen LogP contribution in [0.3, 0.4) is 0 Å². The topological polar surface area (TPSA) is 88.3 Å². The Morgan fingerprint density at radius 3 is 2.80 bits per heavy atom. The third-order valence-electron chi connectivity index (χ3n) is 7.88. The maximum atomic E-state index is 13.5. The average molecular weight is 482 g/mol. The Kier molecular flexibility index (Phi) is 5.23. The highest BCUT2D eigenvalue weighted by Crippen LogP contribution is 2.59. The first-order valence-corrected chi connectivity index (χ1v) is 12.4. The molecule has 6 rings (SSSR count). The fourth-order valence-corrected chi connectivity index (χ4v) is 5.75. The number of hydrogen-bond donors (Lipinski definition) is 1. The van der Waals surface area contributed by atoms with E-state index in [1.54, 1.807) is 18.7 Å². The number of imidazole rings is 1. The highest BCUT2D eigenvalue weighted by Gasteiger charge is 2.72. The van der Waals surface area contributed by atoms with Crippen LogP contribution in [-0.4, -0.2) is 56.7 Å². The highest BCUT2D eigenvalue weighted by molar-refractivity contribution is 5.92. The molecule has 2 aromatic heterocycles. The molecule has 184 valence electrons. The van der Waals surface area contributed by atoms with Crippen molar-refractivity contribution in [3.63, 3.8) is 0 Å². The number of hydrogen-bond acceptors (Lipinski definition) is 6. The van der Waals surface area contributed by atoms with Crippen LogP contribution in [0.2, 0.25) is 0 Å². The number of alkyl halides is 2. The van der Waals surface area contributed by atoms with Crippen LogP contribution in [0.5, 0.6) is 0 Å². The van der Waals surface area contributed by atoms with E-state index in [0.29, 0.717) is 37.2 Å². The van der Waals surface area contributed by atoms with Crippen molar-refractivity contribution in [1.29, 1.82) is 0 Å². The van der Waals surface area contributed by atoms with Crippen molar-refractivity contribution in [2.24, 2.45) is 22.7 Å². The van der Waals surface area contributed by atoms with E-state index >= 15 is 0 Å². The number of aryl methyl sites for hydroxylation is 1. The molecule has 1 saturated carbocycles. The SMILES string of the molecule is CCCC1C=NC2=C1CC[C@H]2NC(=O)c1cn(Cc2cnc(N3CC4C(C3)C4(F)F)nc2C)cn1. The van der Waals surface area contributed by atoms with Crippen molar-refractivity contribution in [3.8, 4) is 0 Å². The van der Waals surface area contributed by atoms with Gasteiger partial charge in [0, 0.05) is 48.9 Å². The number of allylic oxidation sites excluding steroid dienone is 1. The first-order valence-electron chi connectivity index (χ1n) is 12.4. The Hall–Kier alpha value is -3.17. The molecule has 3 unspecified atom stereocenters. The summed E-state index contributed by atoms with van der Waals surface area (Å²) < 4.78 is 28.8. The first kappa shape index (κ1) is 22.3. The monoisotopic (exact) mass is 481 g/mol. The molecule has 4 atom stereocenters. The summed E-state index contributed by atoms with van der Waals surface area (Å²) in [6.45, 7) is 5.14. The average Bonchev–Trinajstić information content (AvgIpc) is 3.47. The molecular weight excluding hydrogens is 452 g/mol. The van der Waals surface area contributed by atoms with Crippen molar-refractivity contribution < 1.29 is 13.6 Å². The molecule has 0 aromatic carbocycles. The molecule has 2 aromatic rings. The van der Waals surface area contributed by atoms with E-state index in [2.05, 4.69) is 32.2 Å². The summed E-state index contributed by atoms with van der Waals surface area (Å²) >= 11 is 0. The predicted octanol–water partition coefficient (Wildman–Crippen LogP) is 3.38. The Morgan fingerprint density at radius 2 is 2.06 bits per heavy atom. The number of rotatable bonds is 7. The minimum atomic E-state index is -2.52. The Morgan fingerprint density at radius 1 is 1.26 bits per heavy atom. The van der Waals surface area contributed by atoms with Gasteiger partial charge in [0.15, 0.2) is 0 Å². The third kappa shape index (κ3) is 3.83. The Balaban J connectivity index is 1.08. The standard InChI is InChI=1S/C25H29F2N7O/c1-3-4-15-7-28-22-17(15)5-6-20(22)32-23(35)21-12-33(13-30-21)9-16-8-29-24(31-14(16)2)34-10-18-19(11-34)25(18,26)27/h7-8,12-13,15,18-20H,3-6,9-11H2,1-2H3,(H,32,35)/t15?,18?,19?,20-/m1/s1. The summed E-state index contributed by atoms with van der Waals surface area (Å²) in [5, 5.41) is 3.10. The van der Waals surface area contributed by atoms with Gasteiger partial charge in [-0.3, -0.25) is 9.79 Å². The van der Waals surface area contributed by atoms with E-state index in [4.69, 9.17) is 0 Å². The lowest BCUT2D eigenvalue weighted by molar-refractivity contribution is 0.0796. The van der Waals surface area contributed by atoms with Gasteiger partial charge >= 0.3 is 0 Å². The second-order valence-corrected chi connectivity index (χ2v) is 10.2. The minimum Gasteiger partial charge on any atom is -0.342 e. The molecule has 1 amide bonds. The maximum absolute atomic E-state index is 13.5. The van der Waals surface area contributed by atoms with Crippen LogP contribution in [-0.2, 0) is 6.54 Å². The van der Waals surface area contributed by atoms with E-state index < -0.39 is 17.8 Å². The summed E-state index contributed by atoms with van der Waals surface area (Å²) in [7, 11) is 0. The molecule has 4 heterocycles. The quantitative estimate of drug-likeness (QED) is 0.655. The summed E-state index contributed by atoms with van der Waals surface area (Å²) in [5.74, 6) is -2.93. The van der Waals surface area contributed by atoms with Gasteiger partial charge in [-0.05, 0) is 31.8 Å². The lowest BCUT2D eigenvalue weighted by Gasteiger charge is -2.20. The van der Waals surface area contributed by atoms with Crippen LogP contribution in [0.15, 0.2) is 35.0 Å². The van der Waals surface area contributed by atoms with Crippen LogP contribution < -0.4 is 10.2 Å². The zero-order chi connectivity index (χ0) is 24.3. The molecule has 2 fully saturated rings. The zero-order valence-corrected chi connectivity index (χ0v) is 19.9.